The van der Waals surface area contributed by atoms with Gasteiger partial charge in [-0.1, -0.05) is 5.10 Å². The number of rotatable bonds is 5. The lowest BCUT2D eigenvalue weighted by Crippen LogP contribution is -2.48. The molecule has 0 atom stereocenters. The first-order valence-corrected chi connectivity index (χ1v) is 7.21. The molecule has 1 N–H and O–H groups in total. The van der Waals surface area contributed by atoms with Gasteiger partial charge in [-0.25, -0.2) is 4.68 Å². The molecule has 0 aromatic carbocycles. The molecule has 1 amide bonds. The Hall–Kier alpha value is -1.70. The van der Waals surface area contributed by atoms with Crippen LogP contribution in [0.4, 0.5) is 5.95 Å². The molecule has 1 aromatic rings. The van der Waals surface area contributed by atoms with Crippen molar-refractivity contribution in [3.8, 4) is 0 Å². The number of piperazine rings is 1. The second kappa shape index (κ2) is 5.74. The molecular formula is C12H21N7O. The summed E-state index contributed by atoms with van der Waals surface area (Å²) in [6, 6.07) is 0.461. The number of aromatic nitrogens is 4. The highest BCUT2D eigenvalue weighted by Crippen LogP contribution is 2.18. The van der Waals surface area contributed by atoms with Crippen LogP contribution in [0.2, 0.25) is 0 Å². The van der Waals surface area contributed by atoms with Crippen molar-refractivity contribution in [2.24, 2.45) is 7.05 Å². The molecule has 20 heavy (non-hydrogen) atoms. The Morgan fingerprint density at radius 3 is 2.65 bits per heavy atom. The molecule has 1 saturated carbocycles. The van der Waals surface area contributed by atoms with E-state index >= 15 is 0 Å². The highest BCUT2D eigenvalue weighted by Gasteiger charge is 2.24. The summed E-state index contributed by atoms with van der Waals surface area (Å²) in [7, 11) is 1.85. The van der Waals surface area contributed by atoms with Gasteiger partial charge in [-0.2, -0.15) is 0 Å². The van der Waals surface area contributed by atoms with Crippen LogP contribution >= 0.6 is 0 Å². The summed E-state index contributed by atoms with van der Waals surface area (Å²) >= 11 is 0. The lowest BCUT2D eigenvalue weighted by molar-refractivity contribution is -0.121. The average Bonchev–Trinajstić information content (AvgIpc) is 3.16. The zero-order valence-corrected chi connectivity index (χ0v) is 11.8. The lowest BCUT2D eigenvalue weighted by atomic mass is 10.3. The van der Waals surface area contributed by atoms with Gasteiger partial charge in [-0.05, 0) is 23.3 Å². The van der Waals surface area contributed by atoms with Gasteiger partial charge in [-0.3, -0.25) is 9.69 Å². The molecule has 1 saturated heterocycles. The fourth-order valence-corrected chi connectivity index (χ4v) is 2.45. The van der Waals surface area contributed by atoms with Crippen LogP contribution in [0.25, 0.3) is 0 Å². The Morgan fingerprint density at radius 1 is 1.30 bits per heavy atom. The summed E-state index contributed by atoms with van der Waals surface area (Å²) in [5.41, 5.74) is 0. The molecule has 110 valence electrons. The van der Waals surface area contributed by atoms with E-state index in [2.05, 4.69) is 30.6 Å². The third-order valence-electron chi connectivity index (χ3n) is 3.85. The quantitative estimate of drug-likeness (QED) is 0.745. The van der Waals surface area contributed by atoms with Gasteiger partial charge in [0.25, 0.3) is 0 Å². The average molecular weight is 279 g/mol. The second-order valence-corrected chi connectivity index (χ2v) is 5.52. The summed E-state index contributed by atoms with van der Waals surface area (Å²) < 4.78 is 1.69. The SMILES string of the molecule is Cn1nnnc1N1CCN(CCC(=O)NC2CC2)CC1. The van der Waals surface area contributed by atoms with Crippen molar-refractivity contribution in [2.75, 3.05) is 37.6 Å². The van der Waals surface area contributed by atoms with Gasteiger partial charge in [0.1, 0.15) is 0 Å². The second-order valence-electron chi connectivity index (χ2n) is 5.52. The van der Waals surface area contributed by atoms with Gasteiger partial charge < -0.3 is 10.2 Å². The minimum absolute atomic E-state index is 0.187. The molecule has 8 heteroatoms. The third kappa shape index (κ3) is 3.24. The fourth-order valence-electron chi connectivity index (χ4n) is 2.45. The van der Waals surface area contributed by atoms with Crippen molar-refractivity contribution < 1.29 is 4.79 Å². The fraction of sp³-hybridized carbons (Fsp3) is 0.833. The van der Waals surface area contributed by atoms with E-state index in [9.17, 15) is 4.79 Å². The van der Waals surface area contributed by atoms with E-state index in [0.717, 1.165) is 51.5 Å². The Labute approximate surface area is 118 Å². The number of hydrogen-bond donors (Lipinski definition) is 1. The number of carbonyl (C=O) groups excluding carboxylic acids is 1. The Bertz CT molecular complexity index is 462. The summed E-state index contributed by atoms with van der Waals surface area (Å²) in [6.07, 6.45) is 2.90. The van der Waals surface area contributed by atoms with Crippen molar-refractivity contribution in [3.63, 3.8) is 0 Å². The highest BCUT2D eigenvalue weighted by molar-refractivity contribution is 5.76. The molecule has 2 fully saturated rings. The number of hydrogen-bond acceptors (Lipinski definition) is 6. The van der Waals surface area contributed by atoms with Crippen LogP contribution in [0, 0.1) is 0 Å². The molecule has 0 unspecified atom stereocenters. The van der Waals surface area contributed by atoms with E-state index in [-0.39, 0.29) is 5.91 Å². The number of carbonyl (C=O) groups is 1. The summed E-state index contributed by atoms with van der Waals surface area (Å²) in [5.74, 6) is 1.00. The normalized spacial score (nSPS) is 20.1. The first kappa shape index (κ1) is 13.3. The third-order valence-corrected chi connectivity index (χ3v) is 3.85. The van der Waals surface area contributed by atoms with Gasteiger partial charge in [-0.15, -0.1) is 0 Å². The van der Waals surface area contributed by atoms with E-state index in [0.29, 0.717) is 12.5 Å². The molecule has 0 bridgehead atoms. The van der Waals surface area contributed by atoms with Crippen molar-refractivity contribution in [1.29, 1.82) is 0 Å². The summed E-state index contributed by atoms with van der Waals surface area (Å²) in [4.78, 5) is 16.2. The van der Waals surface area contributed by atoms with Crippen molar-refractivity contribution in [2.45, 2.75) is 25.3 Å². The van der Waals surface area contributed by atoms with Gasteiger partial charge in [0.05, 0.1) is 0 Å². The minimum Gasteiger partial charge on any atom is -0.353 e. The van der Waals surface area contributed by atoms with E-state index in [1.165, 1.54) is 0 Å². The largest absolute Gasteiger partial charge is 0.353 e. The molecule has 1 aromatic heterocycles. The number of aryl methyl sites for hydroxylation is 1. The number of amides is 1. The van der Waals surface area contributed by atoms with Crippen molar-refractivity contribution in [3.05, 3.63) is 0 Å². The predicted molar refractivity (Wildman–Crippen MR) is 73.2 cm³/mol. The minimum atomic E-state index is 0.187. The molecule has 2 heterocycles. The zero-order valence-electron chi connectivity index (χ0n) is 11.8. The maximum Gasteiger partial charge on any atom is 0.245 e. The van der Waals surface area contributed by atoms with Crippen LogP contribution in [0.15, 0.2) is 0 Å². The molecular weight excluding hydrogens is 258 g/mol. The predicted octanol–water partition coefficient (Wildman–Crippen LogP) is -0.999. The molecule has 1 aliphatic carbocycles. The highest BCUT2D eigenvalue weighted by atomic mass is 16.1. The number of tetrazole rings is 1. The first-order chi connectivity index (χ1) is 9.72. The van der Waals surface area contributed by atoms with Gasteiger partial charge in [0.2, 0.25) is 11.9 Å². The monoisotopic (exact) mass is 279 g/mol. The lowest BCUT2D eigenvalue weighted by Gasteiger charge is -2.34. The van der Waals surface area contributed by atoms with Crippen molar-refractivity contribution >= 4 is 11.9 Å². The van der Waals surface area contributed by atoms with E-state index in [1.54, 1.807) is 4.68 Å². The molecule has 8 nitrogen and oxygen atoms in total. The van der Waals surface area contributed by atoms with Crippen LogP contribution in [0.3, 0.4) is 0 Å². The molecule has 3 rings (SSSR count). The Kier molecular flexibility index (Phi) is 3.81. The van der Waals surface area contributed by atoms with E-state index in [1.807, 2.05) is 7.05 Å². The number of nitrogens with zero attached hydrogens (tertiary/aromatic N) is 6. The summed E-state index contributed by atoms with van der Waals surface area (Å²) in [6.45, 7) is 4.54. The topological polar surface area (TPSA) is 79.2 Å². The standard InChI is InChI=1S/C12H21N7O/c1-17-12(14-15-16-17)19-8-6-18(7-9-19)5-4-11(20)13-10-2-3-10/h10H,2-9H2,1H3,(H,13,20). The maximum absolute atomic E-state index is 11.7. The first-order valence-electron chi connectivity index (χ1n) is 7.21. The van der Waals surface area contributed by atoms with Crippen LogP contribution in [-0.4, -0.2) is 69.8 Å². The van der Waals surface area contributed by atoms with Crippen LogP contribution < -0.4 is 10.2 Å². The maximum atomic E-state index is 11.7. The molecule has 1 aliphatic heterocycles. The molecule has 0 radical (unpaired) electrons. The zero-order chi connectivity index (χ0) is 13.9. The van der Waals surface area contributed by atoms with Crippen molar-refractivity contribution in [1.82, 2.24) is 30.4 Å². The van der Waals surface area contributed by atoms with Crippen LogP contribution in [0.1, 0.15) is 19.3 Å². The van der Waals surface area contributed by atoms with Gasteiger partial charge in [0.15, 0.2) is 0 Å². The van der Waals surface area contributed by atoms with Crippen LogP contribution in [0.5, 0.6) is 0 Å². The number of nitrogens with one attached hydrogen (secondary N) is 1. The summed E-state index contributed by atoms with van der Waals surface area (Å²) in [5, 5.41) is 14.6. The number of anilines is 1. The van der Waals surface area contributed by atoms with E-state index in [4.69, 9.17) is 0 Å². The van der Waals surface area contributed by atoms with Gasteiger partial charge >= 0.3 is 0 Å². The van der Waals surface area contributed by atoms with Crippen LogP contribution in [-0.2, 0) is 11.8 Å². The Balaban J connectivity index is 1.39. The molecule has 0 spiro atoms. The Morgan fingerprint density at radius 2 is 2.05 bits per heavy atom. The molecule has 2 aliphatic rings. The van der Waals surface area contributed by atoms with Gasteiger partial charge in [0, 0.05) is 52.2 Å². The van der Waals surface area contributed by atoms with E-state index < -0.39 is 0 Å². The smallest absolute Gasteiger partial charge is 0.245 e.